The van der Waals surface area contributed by atoms with E-state index in [0.717, 1.165) is 17.7 Å². The highest BCUT2D eigenvalue weighted by Gasteiger charge is 2.09. The van der Waals surface area contributed by atoms with Crippen molar-refractivity contribution >= 4 is 6.03 Å². The molecular weight excluding hydrogens is 300 g/mol. The summed E-state index contributed by atoms with van der Waals surface area (Å²) in [6.45, 7) is 1.48. The molecule has 0 atom stereocenters. The maximum atomic E-state index is 11.7. The number of hydrogen-bond acceptors (Lipinski definition) is 2. The molecule has 2 aromatic rings. The van der Waals surface area contributed by atoms with Crippen molar-refractivity contribution in [2.75, 3.05) is 13.2 Å². The molecule has 4 nitrogen and oxygen atoms in total. The van der Waals surface area contributed by atoms with Crippen molar-refractivity contribution in [2.45, 2.75) is 32.2 Å². The van der Waals surface area contributed by atoms with Crippen LogP contribution in [0.4, 0.5) is 4.79 Å². The van der Waals surface area contributed by atoms with Crippen LogP contribution in [-0.4, -0.2) is 19.2 Å². The monoisotopic (exact) mass is 324 g/mol. The molecular formula is C20H24N2O2. The average Bonchev–Trinajstić information content (AvgIpc) is 2.64. The molecule has 24 heavy (non-hydrogen) atoms. The number of carbonyl (C=O) groups is 1. The first-order valence-corrected chi connectivity index (χ1v) is 8.61. The third-order valence-corrected chi connectivity index (χ3v) is 4.27. The largest absolute Gasteiger partial charge is 0.492 e. The predicted octanol–water partition coefficient (Wildman–Crippen LogP) is 3.44. The molecule has 4 heteroatoms. The van der Waals surface area contributed by atoms with Crippen molar-refractivity contribution < 1.29 is 9.53 Å². The van der Waals surface area contributed by atoms with Gasteiger partial charge in [-0.3, -0.25) is 0 Å². The molecule has 0 aliphatic heterocycles. The summed E-state index contributed by atoms with van der Waals surface area (Å²) in [6.07, 6.45) is 4.88. The van der Waals surface area contributed by atoms with Crippen LogP contribution >= 0.6 is 0 Å². The van der Waals surface area contributed by atoms with E-state index in [9.17, 15) is 4.79 Å². The maximum absolute atomic E-state index is 11.7. The molecule has 1 aliphatic carbocycles. The highest BCUT2D eigenvalue weighted by atomic mass is 16.5. The zero-order valence-corrected chi connectivity index (χ0v) is 13.9. The molecule has 0 aromatic heterocycles. The number of urea groups is 1. The fourth-order valence-corrected chi connectivity index (χ4v) is 2.97. The summed E-state index contributed by atoms with van der Waals surface area (Å²) in [7, 11) is 0. The molecule has 1 aliphatic rings. The Morgan fingerprint density at radius 2 is 1.75 bits per heavy atom. The van der Waals surface area contributed by atoms with Crippen LogP contribution in [0.25, 0.3) is 0 Å². The zero-order chi connectivity index (χ0) is 16.6. The fraction of sp³-hybridized carbons (Fsp3) is 0.350. The summed E-state index contributed by atoms with van der Waals surface area (Å²) in [5.74, 6) is 0.891. The number of hydrogen-bond donors (Lipinski definition) is 2. The molecule has 0 spiro atoms. The molecule has 0 bridgehead atoms. The molecule has 2 N–H and O–H groups in total. The summed E-state index contributed by atoms with van der Waals surface area (Å²) < 4.78 is 5.74. The predicted molar refractivity (Wildman–Crippen MR) is 95.3 cm³/mol. The van der Waals surface area contributed by atoms with Gasteiger partial charge in [0.2, 0.25) is 0 Å². The minimum absolute atomic E-state index is 0.173. The number of nitrogens with one attached hydrogen (secondary N) is 2. The van der Waals surface area contributed by atoms with Gasteiger partial charge in [-0.15, -0.1) is 0 Å². The average molecular weight is 324 g/mol. The number of ether oxygens (including phenoxy) is 1. The second kappa shape index (κ2) is 8.39. The van der Waals surface area contributed by atoms with Crippen molar-refractivity contribution in [3.63, 3.8) is 0 Å². The Morgan fingerprint density at radius 1 is 0.958 bits per heavy atom. The molecule has 2 aromatic carbocycles. The van der Waals surface area contributed by atoms with Gasteiger partial charge in [0, 0.05) is 6.54 Å². The van der Waals surface area contributed by atoms with Gasteiger partial charge >= 0.3 is 6.03 Å². The number of fused-ring (bicyclic) bond motifs is 1. The number of amides is 2. The lowest BCUT2D eigenvalue weighted by atomic mass is 9.92. The first-order valence-electron chi connectivity index (χ1n) is 8.61. The lowest BCUT2D eigenvalue weighted by molar-refractivity contribution is 0.236. The summed E-state index contributed by atoms with van der Waals surface area (Å²) in [5, 5.41) is 5.64. The summed E-state index contributed by atoms with van der Waals surface area (Å²) in [6, 6.07) is 16.0. The molecule has 3 rings (SSSR count). The minimum atomic E-state index is -0.173. The molecule has 0 saturated carbocycles. The van der Waals surface area contributed by atoms with Crippen molar-refractivity contribution in [1.82, 2.24) is 10.6 Å². The van der Waals surface area contributed by atoms with Crippen molar-refractivity contribution in [3.05, 3.63) is 65.2 Å². The van der Waals surface area contributed by atoms with Crippen molar-refractivity contribution in [2.24, 2.45) is 0 Å². The summed E-state index contributed by atoms with van der Waals surface area (Å²) >= 11 is 0. The van der Waals surface area contributed by atoms with E-state index in [-0.39, 0.29) is 6.03 Å². The summed E-state index contributed by atoms with van der Waals surface area (Å²) in [5.41, 5.74) is 3.94. The molecule has 0 saturated heterocycles. The van der Waals surface area contributed by atoms with Crippen molar-refractivity contribution in [1.29, 1.82) is 0 Å². The van der Waals surface area contributed by atoms with Crippen LogP contribution in [0.1, 0.15) is 29.5 Å². The standard InChI is InChI=1S/C20H24N2O2/c23-20(22-15-16-6-2-1-3-7-16)21-12-13-24-19-11-10-17-8-4-5-9-18(17)14-19/h1-3,6-7,10-11,14H,4-5,8-9,12-13,15H2,(H2,21,22,23). The second-order valence-corrected chi connectivity index (χ2v) is 6.08. The van der Waals surface area contributed by atoms with Crippen LogP contribution in [0.3, 0.4) is 0 Å². The third-order valence-electron chi connectivity index (χ3n) is 4.27. The van der Waals surface area contributed by atoms with Gasteiger partial charge in [0.1, 0.15) is 12.4 Å². The normalized spacial score (nSPS) is 13.0. The number of carbonyl (C=O) groups excluding carboxylic acids is 1. The Morgan fingerprint density at radius 3 is 2.58 bits per heavy atom. The lowest BCUT2D eigenvalue weighted by Crippen LogP contribution is -2.37. The maximum Gasteiger partial charge on any atom is 0.315 e. The topological polar surface area (TPSA) is 50.4 Å². The van der Waals surface area contributed by atoms with Crippen LogP contribution in [0, 0.1) is 0 Å². The third kappa shape index (κ3) is 4.75. The smallest absolute Gasteiger partial charge is 0.315 e. The van der Waals surface area contributed by atoms with Gasteiger partial charge in [0.25, 0.3) is 0 Å². The van der Waals surface area contributed by atoms with E-state index in [4.69, 9.17) is 4.74 Å². The van der Waals surface area contributed by atoms with Crippen LogP contribution in [-0.2, 0) is 19.4 Å². The molecule has 0 heterocycles. The molecule has 2 amide bonds. The zero-order valence-electron chi connectivity index (χ0n) is 13.9. The van der Waals surface area contributed by atoms with Gasteiger partial charge in [-0.1, -0.05) is 36.4 Å². The molecule has 0 radical (unpaired) electrons. The van der Waals surface area contributed by atoms with Crippen LogP contribution in [0.5, 0.6) is 5.75 Å². The van der Waals surface area contributed by atoms with E-state index in [0.29, 0.717) is 19.7 Å². The van der Waals surface area contributed by atoms with E-state index < -0.39 is 0 Å². The first kappa shape index (κ1) is 16.4. The van der Waals surface area contributed by atoms with Crippen LogP contribution < -0.4 is 15.4 Å². The number of benzene rings is 2. The van der Waals surface area contributed by atoms with E-state index in [1.165, 1.54) is 30.4 Å². The molecule has 126 valence electrons. The fourth-order valence-electron chi connectivity index (χ4n) is 2.97. The van der Waals surface area contributed by atoms with Gasteiger partial charge < -0.3 is 15.4 Å². The Labute approximate surface area is 143 Å². The van der Waals surface area contributed by atoms with Gasteiger partial charge in [0.05, 0.1) is 6.54 Å². The SMILES string of the molecule is O=C(NCCOc1ccc2c(c1)CCCC2)NCc1ccccc1. The Hall–Kier alpha value is -2.49. The Kier molecular flexibility index (Phi) is 5.72. The van der Waals surface area contributed by atoms with Crippen LogP contribution in [0.2, 0.25) is 0 Å². The van der Waals surface area contributed by atoms with Gasteiger partial charge in [-0.25, -0.2) is 4.79 Å². The first-order chi connectivity index (χ1) is 11.8. The van der Waals surface area contributed by atoms with Crippen LogP contribution in [0.15, 0.2) is 48.5 Å². The lowest BCUT2D eigenvalue weighted by Gasteiger charge is -2.17. The van der Waals surface area contributed by atoms with E-state index in [1.807, 2.05) is 36.4 Å². The van der Waals surface area contributed by atoms with Crippen molar-refractivity contribution in [3.8, 4) is 5.75 Å². The Balaban J connectivity index is 1.35. The van der Waals surface area contributed by atoms with Gasteiger partial charge in [-0.2, -0.15) is 0 Å². The van der Waals surface area contributed by atoms with E-state index >= 15 is 0 Å². The highest BCUT2D eigenvalue weighted by Crippen LogP contribution is 2.25. The number of rotatable bonds is 6. The highest BCUT2D eigenvalue weighted by molar-refractivity contribution is 5.73. The number of aryl methyl sites for hydroxylation is 2. The minimum Gasteiger partial charge on any atom is -0.492 e. The quantitative estimate of drug-likeness (QED) is 0.800. The van der Waals surface area contributed by atoms with Gasteiger partial charge in [-0.05, 0) is 54.5 Å². The Bertz CT molecular complexity index is 671. The van der Waals surface area contributed by atoms with E-state index in [2.05, 4.69) is 22.8 Å². The second-order valence-electron chi connectivity index (χ2n) is 6.08. The van der Waals surface area contributed by atoms with E-state index in [1.54, 1.807) is 0 Å². The van der Waals surface area contributed by atoms with Gasteiger partial charge in [0.15, 0.2) is 0 Å². The molecule has 0 unspecified atom stereocenters. The molecule has 0 fully saturated rings. The summed E-state index contributed by atoms with van der Waals surface area (Å²) in [4.78, 5) is 11.7.